The topological polar surface area (TPSA) is 123 Å². The highest BCUT2D eigenvalue weighted by molar-refractivity contribution is 7.89. The van der Waals surface area contributed by atoms with Crippen molar-refractivity contribution in [3.63, 3.8) is 0 Å². The number of halogens is 2. The first-order valence-corrected chi connectivity index (χ1v) is 17.4. The molecule has 8 nitrogen and oxygen atoms in total. The van der Waals surface area contributed by atoms with Crippen molar-refractivity contribution in [1.29, 1.82) is 0 Å². The summed E-state index contributed by atoms with van der Waals surface area (Å²) in [6, 6.07) is 10.2. The Hall–Kier alpha value is -2.52. The number of rotatable bonds is 9. The average molecular weight is 647 g/mol. The zero-order valence-corrected chi connectivity index (χ0v) is 27.0. The molecule has 6 atom stereocenters. The van der Waals surface area contributed by atoms with Crippen LogP contribution in [0.4, 0.5) is 10.1 Å². The maximum Gasteiger partial charge on any atom is 0.241 e. The maximum atomic E-state index is 15.2. The van der Waals surface area contributed by atoms with E-state index < -0.39 is 33.8 Å². The average Bonchev–Trinajstić information content (AvgIpc) is 3.06. The lowest BCUT2D eigenvalue weighted by atomic mass is 9.74. The van der Waals surface area contributed by atoms with Crippen LogP contribution >= 0.6 is 11.6 Å². The molecule has 240 valence electrons. The van der Waals surface area contributed by atoms with Crippen LogP contribution in [-0.4, -0.2) is 57.5 Å². The highest BCUT2D eigenvalue weighted by Gasteiger charge is 2.37. The van der Waals surface area contributed by atoms with Crippen LogP contribution in [0.5, 0.6) is 0 Å². The molecule has 0 radical (unpaired) electrons. The van der Waals surface area contributed by atoms with Gasteiger partial charge in [0.2, 0.25) is 15.9 Å². The van der Waals surface area contributed by atoms with E-state index in [1.807, 2.05) is 12.1 Å². The molecule has 2 heterocycles. The summed E-state index contributed by atoms with van der Waals surface area (Å²) in [5.41, 5.74) is 8.25. The predicted molar refractivity (Wildman–Crippen MR) is 173 cm³/mol. The Morgan fingerprint density at radius 3 is 2.68 bits per heavy atom. The number of nitrogens with two attached hydrogens (primary N) is 1. The van der Waals surface area contributed by atoms with E-state index in [4.69, 9.17) is 28.5 Å². The second kappa shape index (κ2) is 15.7. The summed E-state index contributed by atoms with van der Waals surface area (Å²) in [7, 11) is -3.52. The van der Waals surface area contributed by atoms with Crippen LogP contribution in [0.15, 0.2) is 42.5 Å². The molecular formula is C33H44ClFN4O4S. The summed E-state index contributed by atoms with van der Waals surface area (Å²) in [5.74, 6) is 1.83. The number of anilines is 1. The van der Waals surface area contributed by atoms with E-state index >= 15 is 4.39 Å². The van der Waals surface area contributed by atoms with Gasteiger partial charge in [0.15, 0.2) is 0 Å². The van der Waals surface area contributed by atoms with Crippen molar-refractivity contribution in [2.75, 3.05) is 24.2 Å². The van der Waals surface area contributed by atoms with Crippen molar-refractivity contribution >= 4 is 33.2 Å². The summed E-state index contributed by atoms with van der Waals surface area (Å²) in [5, 5.41) is 6.71. The van der Waals surface area contributed by atoms with Gasteiger partial charge in [0.25, 0.3) is 0 Å². The Kier molecular flexibility index (Phi) is 12.2. The fourth-order valence-electron chi connectivity index (χ4n) is 6.25. The molecule has 2 aromatic rings. The second-order valence-electron chi connectivity index (χ2n) is 12.2. The van der Waals surface area contributed by atoms with Gasteiger partial charge in [-0.25, -0.2) is 17.5 Å². The Labute approximate surface area is 266 Å². The normalized spacial score (nSPS) is 25.6. The molecule has 0 spiro atoms. The highest BCUT2D eigenvalue weighted by Crippen LogP contribution is 2.38. The molecule has 0 bridgehead atoms. The third-order valence-electron chi connectivity index (χ3n) is 8.74. The lowest BCUT2D eigenvalue weighted by molar-refractivity contribution is -0.118. The van der Waals surface area contributed by atoms with E-state index in [-0.39, 0.29) is 41.7 Å². The zero-order chi connectivity index (χ0) is 31.9. The molecule has 4 unspecified atom stereocenters. The number of hydrogen-bond donors (Lipinski definition) is 4. The van der Waals surface area contributed by atoms with Crippen molar-refractivity contribution in [3.05, 3.63) is 64.4 Å². The highest BCUT2D eigenvalue weighted by atomic mass is 35.5. The SMILES string of the molecule is C#CC1CCCS(=O)(=O)NC(CCc2c(F)cccc2NC(=O)[C@@H](N)[C@@H](c2ccc(Cl)cc2)C2CCOC(C(C)C)C2)CN1. The molecule has 5 N–H and O–H groups in total. The van der Waals surface area contributed by atoms with Gasteiger partial charge >= 0.3 is 0 Å². The third-order valence-corrected chi connectivity index (χ3v) is 10.5. The number of benzene rings is 2. The summed E-state index contributed by atoms with van der Waals surface area (Å²) in [6.07, 6.45) is 8.67. The first-order chi connectivity index (χ1) is 21.0. The number of hydrogen-bond acceptors (Lipinski definition) is 6. The molecule has 0 aromatic heterocycles. The number of terminal acetylenes is 1. The molecule has 2 fully saturated rings. The van der Waals surface area contributed by atoms with Gasteiger partial charge in [-0.2, -0.15) is 0 Å². The van der Waals surface area contributed by atoms with Crippen molar-refractivity contribution in [3.8, 4) is 12.3 Å². The van der Waals surface area contributed by atoms with Gasteiger partial charge < -0.3 is 21.1 Å². The van der Waals surface area contributed by atoms with Gasteiger partial charge in [0.1, 0.15) is 5.82 Å². The molecule has 2 saturated heterocycles. The molecule has 2 aliphatic heterocycles. The van der Waals surface area contributed by atoms with Crippen LogP contribution < -0.4 is 21.1 Å². The van der Waals surface area contributed by atoms with E-state index in [2.05, 4.69) is 35.1 Å². The fourth-order valence-corrected chi connectivity index (χ4v) is 7.75. The summed E-state index contributed by atoms with van der Waals surface area (Å²) in [4.78, 5) is 13.8. The molecule has 0 aliphatic carbocycles. The number of nitrogens with one attached hydrogen (secondary N) is 3. The maximum absolute atomic E-state index is 15.2. The number of carbonyl (C=O) groups excluding carboxylic acids is 1. The number of amides is 1. The van der Waals surface area contributed by atoms with Crippen LogP contribution in [0.25, 0.3) is 0 Å². The van der Waals surface area contributed by atoms with Gasteiger partial charge in [-0.1, -0.05) is 49.6 Å². The first kappa shape index (κ1) is 34.4. The van der Waals surface area contributed by atoms with Crippen molar-refractivity contribution in [1.82, 2.24) is 10.0 Å². The Morgan fingerprint density at radius 2 is 1.98 bits per heavy atom. The van der Waals surface area contributed by atoms with Gasteiger partial charge in [-0.05, 0) is 80.2 Å². The molecule has 11 heteroatoms. The summed E-state index contributed by atoms with van der Waals surface area (Å²) in [6.45, 7) is 5.13. The first-order valence-electron chi connectivity index (χ1n) is 15.4. The summed E-state index contributed by atoms with van der Waals surface area (Å²) < 4.78 is 49.1. The van der Waals surface area contributed by atoms with E-state index in [1.165, 1.54) is 12.1 Å². The van der Waals surface area contributed by atoms with Gasteiger partial charge in [-0.15, -0.1) is 6.42 Å². The van der Waals surface area contributed by atoms with Crippen molar-refractivity contribution < 1.29 is 22.3 Å². The van der Waals surface area contributed by atoms with E-state index in [0.29, 0.717) is 49.0 Å². The predicted octanol–water partition coefficient (Wildman–Crippen LogP) is 4.59. The minimum atomic E-state index is -3.52. The Bertz CT molecular complexity index is 1420. The zero-order valence-electron chi connectivity index (χ0n) is 25.4. The monoisotopic (exact) mass is 646 g/mol. The molecule has 2 aromatic carbocycles. The molecular weight excluding hydrogens is 603 g/mol. The second-order valence-corrected chi connectivity index (χ2v) is 14.5. The number of sulfonamides is 1. The molecule has 2 aliphatic rings. The fraction of sp³-hybridized carbons (Fsp3) is 0.545. The van der Waals surface area contributed by atoms with Crippen LogP contribution in [-0.2, 0) is 26.0 Å². The Morgan fingerprint density at radius 1 is 1.23 bits per heavy atom. The van der Waals surface area contributed by atoms with Crippen molar-refractivity contribution in [2.24, 2.45) is 17.6 Å². The minimum absolute atomic E-state index is 0.0257. The van der Waals surface area contributed by atoms with Gasteiger partial charge in [0.05, 0.1) is 23.9 Å². The molecule has 4 rings (SSSR count). The van der Waals surface area contributed by atoms with E-state index in [1.54, 1.807) is 18.2 Å². The lowest BCUT2D eigenvalue weighted by Crippen LogP contribution is -2.46. The van der Waals surface area contributed by atoms with Crippen LogP contribution in [0.1, 0.15) is 63.0 Å². The third kappa shape index (κ3) is 9.25. The molecule has 44 heavy (non-hydrogen) atoms. The van der Waals surface area contributed by atoms with Gasteiger partial charge in [0, 0.05) is 41.4 Å². The number of ether oxygens (including phenoxy) is 1. The summed E-state index contributed by atoms with van der Waals surface area (Å²) >= 11 is 6.17. The minimum Gasteiger partial charge on any atom is -0.378 e. The molecule has 1 amide bonds. The Balaban J connectivity index is 1.53. The van der Waals surface area contributed by atoms with Crippen LogP contribution in [0.3, 0.4) is 0 Å². The van der Waals surface area contributed by atoms with Crippen molar-refractivity contribution in [2.45, 2.75) is 82.5 Å². The largest absolute Gasteiger partial charge is 0.378 e. The van der Waals surface area contributed by atoms with Crippen LogP contribution in [0.2, 0.25) is 5.02 Å². The smallest absolute Gasteiger partial charge is 0.241 e. The molecule has 0 saturated carbocycles. The lowest BCUT2D eigenvalue weighted by Gasteiger charge is -2.38. The quantitative estimate of drug-likeness (QED) is 0.296. The van der Waals surface area contributed by atoms with Crippen LogP contribution in [0, 0.1) is 30.0 Å². The van der Waals surface area contributed by atoms with E-state index in [9.17, 15) is 13.2 Å². The standard InChI is InChI=1S/C33H44ClFN4O4S/c1-4-25-7-6-18-44(41,42)39-26(20-37-25)14-15-27-28(35)8-5-9-29(27)38-33(40)32(36)31(22-10-12-24(34)13-11-22)23-16-17-43-30(19-23)21(2)3/h1,5,8-13,21,23,25-26,30-32,37,39H,6-7,14-20,36H2,2-3H3,(H,38,40)/t23?,25?,26?,30?,31-,32-/m0/s1. The number of carbonyl (C=O) groups is 1. The van der Waals surface area contributed by atoms with Gasteiger partial charge in [-0.3, -0.25) is 4.79 Å². The van der Waals surface area contributed by atoms with E-state index in [0.717, 1.165) is 18.4 Å².